The molecule has 0 saturated heterocycles. The van der Waals surface area contributed by atoms with E-state index < -0.39 is 0 Å². The van der Waals surface area contributed by atoms with Crippen molar-refractivity contribution in [2.75, 3.05) is 0 Å². The van der Waals surface area contributed by atoms with Crippen molar-refractivity contribution < 1.29 is 0 Å². The Balaban J connectivity index is 1.70. The summed E-state index contributed by atoms with van der Waals surface area (Å²) in [5, 5.41) is 2.01. The maximum absolute atomic E-state index is 4.70. The molecule has 0 unspecified atom stereocenters. The lowest BCUT2D eigenvalue weighted by Gasteiger charge is -2.09. The number of hydrogen-bond donors (Lipinski definition) is 0. The summed E-state index contributed by atoms with van der Waals surface area (Å²) in [5.41, 5.74) is 4.71. The molecular formula is C21H13N5. The van der Waals surface area contributed by atoms with Gasteiger partial charge in [-0.2, -0.15) is 0 Å². The number of hydrogen-bond acceptors (Lipinski definition) is 5. The van der Waals surface area contributed by atoms with Crippen molar-refractivity contribution in [3.8, 4) is 22.6 Å². The van der Waals surface area contributed by atoms with E-state index in [2.05, 4.69) is 19.9 Å². The second-order valence-corrected chi connectivity index (χ2v) is 5.89. The van der Waals surface area contributed by atoms with Gasteiger partial charge in [0.25, 0.3) is 0 Å². The van der Waals surface area contributed by atoms with Gasteiger partial charge in [0.15, 0.2) is 11.3 Å². The summed E-state index contributed by atoms with van der Waals surface area (Å²) in [7, 11) is 0. The molecule has 0 saturated carbocycles. The molecule has 5 aromatic heterocycles. The first-order valence-electron chi connectivity index (χ1n) is 8.28. The van der Waals surface area contributed by atoms with Crippen molar-refractivity contribution in [2.24, 2.45) is 0 Å². The molecule has 0 N–H and O–H groups in total. The Hall–Kier alpha value is -3.73. The Morgan fingerprint density at radius 1 is 0.500 bits per heavy atom. The van der Waals surface area contributed by atoms with Gasteiger partial charge in [0.1, 0.15) is 0 Å². The molecule has 0 bridgehead atoms. The molecule has 0 aromatic carbocycles. The fourth-order valence-electron chi connectivity index (χ4n) is 3.00. The molecule has 5 aromatic rings. The third-order valence-corrected chi connectivity index (χ3v) is 4.25. The highest BCUT2D eigenvalue weighted by Crippen LogP contribution is 2.29. The van der Waals surface area contributed by atoms with Crippen LogP contribution in [0.5, 0.6) is 0 Å². The summed E-state index contributed by atoms with van der Waals surface area (Å²) in [4.78, 5) is 22.6. The van der Waals surface area contributed by atoms with Crippen molar-refractivity contribution in [1.82, 2.24) is 24.9 Å². The summed E-state index contributed by atoms with van der Waals surface area (Å²) in [6.07, 6.45) is 5.26. The Labute approximate surface area is 149 Å². The second-order valence-electron chi connectivity index (χ2n) is 5.89. The standard InChI is InChI=1S/C21H13N5/c1-4-14-7-9-17(25-20(14)23-12-1)16-6-3-11-22-19(16)18-10-8-15-5-2-13-24-21(15)26-18/h1-13H. The van der Waals surface area contributed by atoms with Crippen molar-refractivity contribution >= 4 is 22.1 Å². The minimum atomic E-state index is 0.703. The van der Waals surface area contributed by atoms with Crippen LogP contribution in [0.1, 0.15) is 0 Å². The Bertz CT molecular complexity index is 1150. The highest BCUT2D eigenvalue weighted by Gasteiger charge is 2.12. The molecule has 5 rings (SSSR count). The smallest absolute Gasteiger partial charge is 0.159 e. The van der Waals surface area contributed by atoms with E-state index in [4.69, 9.17) is 4.98 Å². The monoisotopic (exact) mass is 335 g/mol. The molecule has 5 nitrogen and oxygen atoms in total. The lowest BCUT2D eigenvalue weighted by molar-refractivity contribution is 1.23. The van der Waals surface area contributed by atoms with Gasteiger partial charge in [-0.25, -0.2) is 19.9 Å². The zero-order valence-electron chi connectivity index (χ0n) is 13.7. The van der Waals surface area contributed by atoms with Crippen LogP contribution in [0.4, 0.5) is 0 Å². The van der Waals surface area contributed by atoms with E-state index in [0.717, 1.165) is 33.4 Å². The SMILES string of the molecule is c1cnc(-c2ccc3cccnc3n2)c(-c2ccc3cccnc3n2)c1. The maximum atomic E-state index is 4.70. The summed E-state index contributed by atoms with van der Waals surface area (Å²) >= 11 is 0. The van der Waals surface area contributed by atoms with E-state index in [0.29, 0.717) is 11.3 Å². The molecule has 0 amide bonds. The van der Waals surface area contributed by atoms with Gasteiger partial charge >= 0.3 is 0 Å². The molecule has 122 valence electrons. The van der Waals surface area contributed by atoms with Crippen LogP contribution in [-0.2, 0) is 0 Å². The molecule has 0 radical (unpaired) electrons. The second kappa shape index (κ2) is 5.97. The van der Waals surface area contributed by atoms with Gasteiger partial charge in [-0.05, 0) is 60.7 Å². The third-order valence-electron chi connectivity index (χ3n) is 4.25. The first-order valence-corrected chi connectivity index (χ1v) is 8.28. The van der Waals surface area contributed by atoms with E-state index in [1.54, 1.807) is 18.6 Å². The van der Waals surface area contributed by atoms with Gasteiger partial charge in [-0.15, -0.1) is 0 Å². The zero-order valence-corrected chi connectivity index (χ0v) is 13.7. The maximum Gasteiger partial charge on any atom is 0.159 e. The summed E-state index contributed by atoms with van der Waals surface area (Å²) in [6.45, 7) is 0. The number of aromatic nitrogens is 5. The van der Waals surface area contributed by atoms with Crippen LogP contribution in [0, 0.1) is 0 Å². The zero-order chi connectivity index (χ0) is 17.3. The van der Waals surface area contributed by atoms with Crippen LogP contribution in [0.15, 0.2) is 79.3 Å². The average Bonchev–Trinajstić information content (AvgIpc) is 2.73. The fraction of sp³-hybridized carbons (Fsp3) is 0. The van der Waals surface area contributed by atoms with Crippen molar-refractivity contribution in [3.63, 3.8) is 0 Å². The molecule has 0 aliphatic rings. The summed E-state index contributed by atoms with van der Waals surface area (Å²) < 4.78 is 0. The first-order chi connectivity index (χ1) is 12.9. The van der Waals surface area contributed by atoms with Gasteiger partial charge in [0.2, 0.25) is 0 Å². The molecule has 5 heteroatoms. The number of fused-ring (bicyclic) bond motifs is 2. The largest absolute Gasteiger partial charge is 0.254 e. The number of nitrogens with zero attached hydrogens (tertiary/aromatic N) is 5. The van der Waals surface area contributed by atoms with E-state index in [1.165, 1.54) is 0 Å². The molecular weight excluding hydrogens is 322 g/mol. The Morgan fingerprint density at radius 2 is 1.08 bits per heavy atom. The van der Waals surface area contributed by atoms with Gasteiger partial charge in [0.05, 0.1) is 17.1 Å². The molecule has 0 spiro atoms. The predicted octanol–water partition coefficient (Wildman–Crippen LogP) is 4.30. The minimum Gasteiger partial charge on any atom is -0.254 e. The van der Waals surface area contributed by atoms with E-state index in [1.807, 2.05) is 60.7 Å². The number of pyridine rings is 5. The van der Waals surface area contributed by atoms with E-state index in [-0.39, 0.29) is 0 Å². The quantitative estimate of drug-likeness (QED) is 0.481. The Kier molecular flexibility index (Phi) is 3.35. The van der Waals surface area contributed by atoms with Crippen LogP contribution < -0.4 is 0 Å². The van der Waals surface area contributed by atoms with Crippen LogP contribution in [-0.4, -0.2) is 24.9 Å². The molecule has 26 heavy (non-hydrogen) atoms. The predicted molar refractivity (Wildman–Crippen MR) is 101 cm³/mol. The normalized spacial score (nSPS) is 11.1. The van der Waals surface area contributed by atoms with Gasteiger partial charge in [0, 0.05) is 34.9 Å². The van der Waals surface area contributed by atoms with Crippen LogP contribution >= 0.6 is 0 Å². The third kappa shape index (κ3) is 2.46. The van der Waals surface area contributed by atoms with Gasteiger partial charge in [-0.1, -0.05) is 0 Å². The number of rotatable bonds is 2. The van der Waals surface area contributed by atoms with E-state index >= 15 is 0 Å². The van der Waals surface area contributed by atoms with Crippen molar-refractivity contribution in [3.05, 3.63) is 79.3 Å². The van der Waals surface area contributed by atoms with E-state index in [9.17, 15) is 0 Å². The first kappa shape index (κ1) is 14.6. The lowest BCUT2D eigenvalue weighted by atomic mass is 10.1. The molecule has 0 aliphatic carbocycles. The molecule has 0 aliphatic heterocycles. The van der Waals surface area contributed by atoms with Crippen LogP contribution in [0.25, 0.3) is 44.7 Å². The highest BCUT2D eigenvalue weighted by molar-refractivity contribution is 5.84. The highest BCUT2D eigenvalue weighted by atomic mass is 14.9. The molecule has 5 heterocycles. The fourth-order valence-corrected chi connectivity index (χ4v) is 3.00. The summed E-state index contributed by atoms with van der Waals surface area (Å²) in [6, 6.07) is 19.7. The average molecular weight is 335 g/mol. The molecule has 0 atom stereocenters. The topological polar surface area (TPSA) is 64.5 Å². The van der Waals surface area contributed by atoms with Crippen LogP contribution in [0.2, 0.25) is 0 Å². The van der Waals surface area contributed by atoms with Gasteiger partial charge in [-0.3, -0.25) is 4.98 Å². The van der Waals surface area contributed by atoms with Crippen molar-refractivity contribution in [2.45, 2.75) is 0 Å². The minimum absolute atomic E-state index is 0.703. The Morgan fingerprint density at radius 3 is 1.81 bits per heavy atom. The van der Waals surface area contributed by atoms with Crippen molar-refractivity contribution in [1.29, 1.82) is 0 Å². The van der Waals surface area contributed by atoms with Crippen LogP contribution in [0.3, 0.4) is 0 Å². The summed E-state index contributed by atoms with van der Waals surface area (Å²) in [5.74, 6) is 0. The molecule has 0 fully saturated rings. The lowest BCUT2D eigenvalue weighted by Crippen LogP contribution is -1.95. The van der Waals surface area contributed by atoms with Gasteiger partial charge < -0.3 is 0 Å².